The van der Waals surface area contributed by atoms with Crippen LogP contribution in [0, 0.1) is 11.3 Å². The number of fused-ring (bicyclic) bond motifs is 1. The summed E-state index contributed by atoms with van der Waals surface area (Å²) >= 11 is 6.78. The summed E-state index contributed by atoms with van der Waals surface area (Å²) < 4.78 is 8.63. The molecule has 4 rings (SSSR count). The van der Waals surface area contributed by atoms with Crippen LogP contribution in [0.2, 0.25) is 5.02 Å². The Balaban J connectivity index is 1.81. The van der Waals surface area contributed by atoms with E-state index in [1.165, 1.54) is 0 Å². The Bertz CT molecular complexity index is 1250. The fraction of sp³-hybridized carbons (Fsp3) is 0.560. The third kappa shape index (κ3) is 5.54. The summed E-state index contributed by atoms with van der Waals surface area (Å²) in [7, 11) is 3.37. The van der Waals surface area contributed by atoms with Gasteiger partial charge in [-0.15, -0.1) is 0 Å². The van der Waals surface area contributed by atoms with Crippen LogP contribution in [0.1, 0.15) is 61.5 Å². The van der Waals surface area contributed by atoms with Crippen molar-refractivity contribution < 1.29 is 14.3 Å². The van der Waals surface area contributed by atoms with Crippen LogP contribution in [0.3, 0.4) is 0 Å². The molecular formula is C25H34ClN7O3. The van der Waals surface area contributed by atoms with Gasteiger partial charge < -0.3 is 15.0 Å². The van der Waals surface area contributed by atoms with E-state index < -0.39 is 11.5 Å². The van der Waals surface area contributed by atoms with Gasteiger partial charge in [-0.2, -0.15) is 10.2 Å². The summed E-state index contributed by atoms with van der Waals surface area (Å²) in [6, 6.07) is 2.34. The smallest absolute Gasteiger partial charge is 0.273 e. The molecule has 3 heterocycles. The van der Waals surface area contributed by atoms with Crippen LogP contribution in [0.5, 0.6) is 0 Å². The highest BCUT2D eigenvalue weighted by molar-refractivity contribution is 6.32. The van der Waals surface area contributed by atoms with E-state index in [-0.39, 0.29) is 24.1 Å². The van der Waals surface area contributed by atoms with E-state index in [4.69, 9.17) is 16.3 Å². The number of halogens is 1. The van der Waals surface area contributed by atoms with Crippen molar-refractivity contribution in [3.63, 3.8) is 0 Å². The highest BCUT2D eigenvalue weighted by Crippen LogP contribution is 2.34. The van der Waals surface area contributed by atoms with Crippen LogP contribution >= 0.6 is 11.6 Å². The van der Waals surface area contributed by atoms with E-state index in [9.17, 15) is 9.59 Å². The second-order valence-corrected chi connectivity index (χ2v) is 10.6. The first-order valence-corrected chi connectivity index (χ1v) is 12.6. The van der Waals surface area contributed by atoms with Gasteiger partial charge in [0.15, 0.2) is 11.7 Å². The highest BCUT2D eigenvalue weighted by Gasteiger charge is 2.40. The molecule has 3 aromatic heterocycles. The SMILES string of the molecule is CCc1nn(C)c(C(C(=O)NCC2CC2)N(CC(C)(C)COC)C(=O)c2ccn3nccc3n2)c1Cl. The first-order chi connectivity index (χ1) is 17.1. The zero-order chi connectivity index (χ0) is 26.0. The Kier molecular flexibility index (Phi) is 7.65. The molecule has 1 N–H and O–H groups in total. The van der Waals surface area contributed by atoms with E-state index in [2.05, 4.69) is 20.5 Å². The highest BCUT2D eigenvalue weighted by atomic mass is 35.5. The average molecular weight is 516 g/mol. The molecule has 2 amide bonds. The normalized spacial score (nSPS) is 14.7. The van der Waals surface area contributed by atoms with Crippen molar-refractivity contribution >= 4 is 29.1 Å². The minimum Gasteiger partial charge on any atom is -0.384 e. The fourth-order valence-electron chi connectivity index (χ4n) is 4.43. The van der Waals surface area contributed by atoms with Gasteiger partial charge in [-0.3, -0.25) is 14.3 Å². The van der Waals surface area contributed by atoms with Crippen molar-refractivity contribution in [2.24, 2.45) is 18.4 Å². The maximum absolute atomic E-state index is 14.1. The number of nitrogens with one attached hydrogen (secondary N) is 1. The number of methoxy groups -OCH3 is 1. The first-order valence-electron chi connectivity index (χ1n) is 12.2. The summed E-state index contributed by atoms with van der Waals surface area (Å²) in [5.74, 6) is -0.200. The number of amides is 2. The molecule has 0 radical (unpaired) electrons. The third-order valence-electron chi connectivity index (χ3n) is 6.38. The molecular weight excluding hydrogens is 482 g/mol. The maximum Gasteiger partial charge on any atom is 0.273 e. The monoisotopic (exact) mass is 515 g/mol. The van der Waals surface area contributed by atoms with E-state index in [1.807, 2.05) is 20.8 Å². The Hall–Kier alpha value is -2.98. The molecule has 1 unspecified atom stereocenters. The minimum absolute atomic E-state index is 0.213. The molecule has 0 bridgehead atoms. The van der Waals surface area contributed by atoms with Gasteiger partial charge in [0.05, 0.1) is 29.2 Å². The van der Waals surface area contributed by atoms with Crippen LogP contribution in [-0.4, -0.2) is 67.9 Å². The number of carbonyl (C=O) groups excluding carboxylic acids is 2. The number of carbonyl (C=O) groups is 2. The Morgan fingerprint density at radius 2 is 2.08 bits per heavy atom. The maximum atomic E-state index is 14.1. The lowest BCUT2D eigenvalue weighted by molar-refractivity contribution is -0.126. The second kappa shape index (κ2) is 10.6. The molecule has 0 aliphatic heterocycles. The van der Waals surface area contributed by atoms with E-state index >= 15 is 0 Å². The van der Waals surface area contributed by atoms with Crippen molar-refractivity contribution in [3.8, 4) is 0 Å². The summed E-state index contributed by atoms with van der Waals surface area (Å²) in [6.45, 7) is 7.13. The fourth-order valence-corrected chi connectivity index (χ4v) is 4.82. The summed E-state index contributed by atoms with van der Waals surface area (Å²) in [4.78, 5) is 34.0. The largest absolute Gasteiger partial charge is 0.384 e. The Morgan fingerprint density at radius 3 is 2.72 bits per heavy atom. The third-order valence-corrected chi connectivity index (χ3v) is 6.80. The standard InChI is InChI=1S/C25H34ClN7O3/c1-6-17-20(26)21(31(4)30-17)22(23(34)27-13-16-7-8-16)32(14-25(2,3)15-36-5)24(35)18-10-12-33-19(29-18)9-11-28-33/h9-12,16,22H,6-8,13-15H2,1-5H3,(H,27,34). The first kappa shape index (κ1) is 26.1. The van der Waals surface area contributed by atoms with Crippen LogP contribution in [0.15, 0.2) is 24.5 Å². The number of hydrogen-bond acceptors (Lipinski definition) is 6. The van der Waals surface area contributed by atoms with Gasteiger partial charge >= 0.3 is 0 Å². The van der Waals surface area contributed by atoms with E-state index in [0.29, 0.717) is 47.5 Å². The quantitative estimate of drug-likeness (QED) is 0.420. The number of rotatable bonds is 11. The summed E-state index contributed by atoms with van der Waals surface area (Å²) in [5.41, 5.74) is 1.45. The lowest BCUT2D eigenvalue weighted by Gasteiger charge is -2.37. The van der Waals surface area contributed by atoms with Crippen LogP contribution in [-0.2, 0) is 23.0 Å². The van der Waals surface area contributed by atoms with Crippen LogP contribution < -0.4 is 5.32 Å². The summed E-state index contributed by atoms with van der Waals surface area (Å²) in [5, 5.41) is 12.1. The molecule has 0 aromatic carbocycles. The number of aryl methyl sites for hydroxylation is 2. The number of aromatic nitrogens is 5. The van der Waals surface area contributed by atoms with Crippen molar-refractivity contribution in [2.45, 2.75) is 46.1 Å². The lowest BCUT2D eigenvalue weighted by atomic mass is 9.92. The van der Waals surface area contributed by atoms with Crippen molar-refractivity contribution in [2.75, 3.05) is 26.8 Å². The molecule has 1 aliphatic rings. The van der Waals surface area contributed by atoms with Gasteiger partial charge in [-0.05, 0) is 31.2 Å². The molecule has 194 valence electrons. The van der Waals surface area contributed by atoms with E-state index in [0.717, 1.165) is 12.8 Å². The Morgan fingerprint density at radius 1 is 1.33 bits per heavy atom. The van der Waals surface area contributed by atoms with Crippen LogP contribution in [0.4, 0.5) is 0 Å². The topological polar surface area (TPSA) is 107 Å². The molecule has 11 heteroatoms. The molecule has 1 fully saturated rings. The molecule has 1 aliphatic carbocycles. The molecule has 0 saturated heterocycles. The van der Waals surface area contributed by atoms with Gasteiger partial charge in [0.25, 0.3) is 5.91 Å². The van der Waals surface area contributed by atoms with Crippen molar-refractivity contribution in [1.82, 2.24) is 34.6 Å². The molecule has 0 spiro atoms. The van der Waals surface area contributed by atoms with Crippen molar-refractivity contribution in [1.29, 1.82) is 0 Å². The van der Waals surface area contributed by atoms with Crippen molar-refractivity contribution in [3.05, 3.63) is 46.6 Å². The van der Waals surface area contributed by atoms with E-state index in [1.54, 1.807) is 52.8 Å². The number of nitrogens with zero attached hydrogens (tertiary/aromatic N) is 6. The Labute approximate surface area is 216 Å². The number of ether oxygens (including phenoxy) is 1. The average Bonchev–Trinajstić information content (AvgIpc) is 3.48. The molecule has 3 aromatic rings. The van der Waals surface area contributed by atoms with Gasteiger partial charge in [0, 0.05) is 44.9 Å². The summed E-state index contributed by atoms with van der Waals surface area (Å²) in [6.07, 6.45) is 6.09. The second-order valence-electron chi connectivity index (χ2n) is 10.2. The zero-order valence-corrected chi connectivity index (χ0v) is 22.2. The van der Waals surface area contributed by atoms with Gasteiger partial charge in [-0.1, -0.05) is 32.4 Å². The van der Waals surface area contributed by atoms with Gasteiger partial charge in [-0.25, -0.2) is 9.50 Å². The van der Waals surface area contributed by atoms with Crippen LogP contribution in [0.25, 0.3) is 5.65 Å². The molecule has 10 nitrogen and oxygen atoms in total. The zero-order valence-electron chi connectivity index (χ0n) is 21.5. The molecule has 1 saturated carbocycles. The molecule has 36 heavy (non-hydrogen) atoms. The predicted molar refractivity (Wildman–Crippen MR) is 136 cm³/mol. The number of hydrogen-bond donors (Lipinski definition) is 1. The van der Waals surface area contributed by atoms with Gasteiger partial charge in [0.1, 0.15) is 5.69 Å². The molecule has 1 atom stereocenters. The lowest BCUT2D eigenvalue weighted by Crippen LogP contribution is -2.49. The minimum atomic E-state index is -0.999. The predicted octanol–water partition coefficient (Wildman–Crippen LogP) is 3.06. The van der Waals surface area contributed by atoms with Gasteiger partial charge in [0.2, 0.25) is 5.91 Å².